The monoisotopic (exact) mass is 385 g/mol. The van der Waals surface area contributed by atoms with Gasteiger partial charge in [0.1, 0.15) is 4.90 Å². The molecule has 3 nitrogen and oxygen atoms in total. The Bertz CT molecular complexity index is 573. The maximum atomic E-state index is 12.4. The Morgan fingerprint density at radius 3 is 2.58 bits per heavy atom. The van der Waals surface area contributed by atoms with E-state index < -0.39 is 10.0 Å². The predicted molar refractivity (Wildman–Crippen MR) is 81.3 cm³/mol. The topological polar surface area (TPSA) is 37.4 Å². The fourth-order valence-electron chi connectivity index (χ4n) is 2.12. The molecule has 106 valence electrons. The normalized spacial score (nSPS) is 23.4. The number of nitrogens with zero attached hydrogens (tertiary/aromatic N) is 1. The number of sulfonamides is 1. The molecule has 1 aromatic rings. The summed E-state index contributed by atoms with van der Waals surface area (Å²) in [5, 5.41) is 0.419. The fourth-order valence-corrected chi connectivity index (χ4v) is 4.88. The molecule has 0 radical (unpaired) electrons. The molecule has 0 unspecified atom stereocenters. The Hall–Kier alpha value is 0.190. The zero-order valence-corrected chi connectivity index (χ0v) is 14.2. The summed E-state index contributed by atoms with van der Waals surface area (Å²) < 4.78 is 26.9. The highest BCUT2D eigenvalue weighted by atomic mass is 79.9. The first-order valence-electron chi connectivity index (χ1n) is 5.86. The molecule has 1 saturated carbocycles. The molecule has 1 aliphatic rings. The van der Waals surface area contributed by atoms with Crippen molar-refractivity contribution in [3.05, 3.63) is 27.7 Å². The van der Waals surface area contributed by atoms with Gasteiger partial charge >= 0.3 is 0 Å². The van der Waals surface area contributed by atoms with Crippen LogP contribution in [0.3, 0.4) is 0 Å². The van der Waals surface area contributed by atoms with Crippen molar-refractivity contribution in [3.8, 4) is 0 Å². The van der Waals surface area contributed by atoms with E-state index in [0.29, 0.717) is 12.5 Å². The second-order valence-corrected chi connectivity index (χ2v) is 8.75. The van der Waals surface area contributed by atoms with Crippen molar-refractivity contribution in [2.45, 2.75) is 23.1 Å². The molecular weight excluding hydrogens is 373 g/mol. The van der Waals surface area contributed by atoms with Crippen molar-refractivity contribution in [2.75, 3.05) is 13.6 Å². The lowest BCUT2D eigenvalue weighted by Gasteiger charge is -2.33. The van der Waals surface area contributed by atoms with Gasteiger partial charge in [-0.3, -0.25) is 0 Å². The molecule has 2 rings (SSSR count). The highest BCUT2D eigenvalue weighted by Gasteiger charge is 2.32. The van der Waals surface area contributed by atoms with E-state index in [1.54, 1.807) is 19.2 Å². The molecule has 0 amide bonds. The second kappa shape index (κ2) is 5.90. The number of alkyl halides is 1. The lowest BCUT2D eigenvalue weighted by molar-refractivity contribution is 0.268. The number of halogens is 3. The van der Waals surface area contributed by atoms with Crippen LogP contribution in [0.2, 0.25) is 5.02 Å². The zero-order chi connectivity index (χ0) is 14.2. The Balaban J connectivity index is 2.16. The van der Waals surface area contributed by atoms with Crippen LogP contribution in [0.25, 0.3) is 0 Å². The van der Waals surface area contributed by atoms with Crippen molar-refractivity contribution < 1.29 is 8.42 Å². The summed E-state index contributed by atoms with van der Waals surface area (Å²) in [4.78, 5) is 0.140. The molecule has 0 bridgehead atoms. The Morgan fingerprint density at radius 1 is 1.42 bits per heavy atom. The van der Waals surface area contributed by atoms with E-state index in [-0.39, 0.29) is 15.3 Å². The minimum Gasteiger partial charge on any atom is -0.207 e. The van der Waals surface area contributed by atoms with Crippen molar-refractivity contribution in [1.82, 2.24) is 4.31 Å². The predicted octanol–water partition coefficient (Wildman–Crippen LogP) is 3.74. The molecular formula is C12H14BrCl2NO2S. The molecule has 0 aromatic heterocycles. The Kier molecular flexibility index (Phi) is 4.83. The summed E-state index contributed by atoms with van der Waals surface area (Å²) in [6, 6.07) is 4.77. The van der Waals surface area contributed by atoms with Gasteiger partial charge in [0.05, 0.1) is 5.02 Å². The van der Waals surface area contributed by atoms with Gasteiger partial charge in [-0.1, -0.05) is 27.5 Å². The van der Waals surface area contributed by atoms with Crippen LogP contribution in [-0.2, 0) is 10.0 Å². The van der Waals surface area contributed by atoms with Crippen LogP contribution < -0.4 is 0 Å². The molecule has 1 fully saturated rings. The van der Waals surface area contributed by atoms with Crippen LogP contribution in [0.4, 0.5) is 0 Å². The quantitative estimate of drug-likeness (QED) is 0.739. The highest BCUT2D eigenvalue weighted by molar-refractivity contribution is 9.10. The van der Waals surface area contributed by atoms with E-state index in [1.165, 1.54) is 10.4 Å². The average molecular weight is 387 g/mol. The molecule has 0 atom stereocenters. The van der Waals surface area contributed by atoms with Crippen LogP contribution in [0.15, 0.2) is 27.6 Å². The molecule has 1 aliphatic carbocycles. The minimum absolute atomic E-state index is 0.140. The van der Waals surface area contributed by atoms with E-state index in [9.17, 15) is 8.42 Å². The number of hydrogen-bond acceptors (Lipinski definition) is 2. The maximum Gasteiger partial charge on any atom is 0.244 e. The van der Waals surface area contributed by atoms with Crippen LogP contribution in [-0.4, -0.2) is 31.7 Å². The second-order valence-electron chi connectivity index (χ2n) is 4.79. The Morgan fingerprint density at radius 2 is 2.05 bits per heavy atom. The maximum absolute atomic E-state index is 12.4. The molecule has 7 heteroatoms. The molecule has 0 spiro atoms. The van der Waals surface area contributed by atoms with E-state index in [0.717, 1.165) is 17.3 Å². The van der Waals surface area contributed by atoms with Crippen molar-refractivity contribution in [1.29, 1.82) is 0 Å². The number of rotatable bonds is 4. The largest absolute Gasteiger partial charge is 0.244 e. The smallest absolute Gasteiger partial charge is 0.207 e. The van der Waals surface area contributed by atoms with Gasteiger partial charge in [-0.15, -0.1) is 11.6 Å². The van der Waals surface area contributed by atoms with E-state index >= 15 is 0 Å². The van der Waals surface area contributed by atoms with Crippen molar-refractivity contribution >= 4 is 49.2 Å². The van der Waals surface area contributed by atoms with Crippen molar-refractivity contribution in [3.63, 3.8) is 0 Å². The van der Waals surface area contributed by atoms with Gasteiger partial charge in [0.15, 0.2) is 0 Å². The third kappa shape index (κ3) is 3.45. The molecule has 0 N–H and O–H groups in total. The number of benzene rings is 1. The van der Waals surface area contributed by atoms with Gasteiger partial charge in [-0.05, 0) is 37.0 Å². The standard InChI is InChI=1S/C12H14BrCl2NO2S/c1-16(7-8-4-10(14)5-8)19(17,18)12-3-2-9(13)6-11(12)15/h2-3,6,8,10H,4-5,7H2,1H3. The summed E-state index contributed by atoms with van der Waals surface area (Å²) in [7, 11) is -1.96. The summed E-state index contributed by atoms with van der Waals surface area (Å²) >= 11 is 15.2. The van der Waals surface area contributed by atoms with Gasteiger partial charge in [0.25, 0.3) is 0 Å². The molecule has 0 heterocycles. The summed E-state index contributed by atoms with van der Waals surface area (Å²) in [5.74, 6) is 0.344. The fraction of sp³-hybridized carbons (Fsp3) is 0.500. The highest BCUT2D eigenvalue weighted by Crippen LogP contribution is 2.34. The van der Waals surface area contributed by atoms with E-state index in [1.807, 2.05) is 0 Å². The Labute approximate surface area is 132 Å². The zero-order valence-electron chi connectivity index (χ0n) is 10.3. The number of hydrogen-bond donors (Lipinski definition) is 0. The summed E-state index contributed by atoms with van der Waals surface area (Å²) in [6.07, 6.45) is 1.74. The van der Waals surface area contributed by atoms with Gasteiger partial charge in [-0.25, -0.2) is 12.7 Å². The first-order chi connectivity index (χ1) is 8.80. The molecule has 0 aliphatic heterocycles. The van der Waals surface area contributed by atoms with Crippen LogP contribution >= 0.6 is 39.1 Å². The first-order valence-corrected chi connectivity index (χ1v) is 8.91. The third-order valence-electron chi connectivity index (χ3n) is 3.28. The van der Waals surface area contributed by atoms with Gasteiger partial charge in [0.2, 0.25) is 10.0 Å². The molecule has 19 heavy (non-hydrogen) atoms. The summed E-state index contributed by atoms with van der Waals surface area (Å²) in [6.45, 7) is 0.484. The lowest BCUT2D eigenvalue weighted by Crippen LogP contribution is -2.38. The molecule has 1 aromatic carbocycles. The average Bonchev–Trinajstić information content (AvgIpc) is 2.26. The van der Waals surface area contributed by atoms with Crippen LogP contribution in [0, 0.1) is 5.92 Å². The summed E-state index contributed by atoms with van der Waals surface area (Å²) in [5.41, 5.74) is 0. The van der Waals surface area contributed by atoms with Crippen LogP contribution in [0.1, 0.15) is 12.8 Å². The first kappa shape index (κ1) is 15.6. The lowest BCUT2D eigenvalue weighted by atomic mass is 9.85. The van der Waals surface area contributed by atoms with Crippen LogP contribution in [0.5, 0.6) is 0 Å². The minimum atomic E-state index is -3.54. The van der Waals surface area contributed by atoms with Crippen molar-refractivity contribution in [2.24, 2.45) is 5.92 Å². The van der Waals surface area contributed by atoms with Gasteiger partial charge in [0, 0.05) is 23.4 Å². The van der Waals surface area contributed by atoms with E-state index in [4.69, 9.17) is 23.2 Å². The third-order valence-corrected chi connectivity index (χ3v) is 6.43. The van der Waals surface area contributed by atoms with Gasteiger partial charge < -0.3 is 0 Å². The SMILES string of the molecule is CN(CC1CC(Cl)C1)S(=O)(=O)c1ccc(Br)cc1Cl. The van der Waals surface area contributed by atoms with E-state index in [2.05, 4.69) is 15.9 Å². The molecule has 0 saturated heterocycles. The van der Waals surface area contributed by atoms with Gasteiger partial charge in [-0.2, -0.15) is 0 Å².